The van der Waals surface area contributed by atoms with Gasteiger partial charge in [0.15, 0.2) is 6.20 Å². The highest BCUT2D eigenvalue weighted by Gasteiger charge is 2.29. The fraction of sp³-hybridized carbons (Fsp3) is 0.333. The van der Waals surface area contributed by atoms with Gasteiger partial charge in [-0.05, 0) is 48.7 Å². The molecule has 6 heteroatoms. The van der Waals surface area contributed by atoms with Gasteiger partial charge in [-0.25, -0.2) is 0 Å². The quantitative estimate of drug-likeness (QED) is 0.466. The summed E-state index contributed by atoms with van der Waals surface area (Å²) in [6.07, 6.45) is 4.23. The molecule has 24 heavy (non-hydrogen) atoms. The van der Waals surface area contributed by atoms with Crippen LogP contribution in [0.1, 0.15) is 18.4 Å². The lowest BCUT2D eigenvalue weighted by atomic mass is 10.0. The van der Waals surface area contributed by atoms with E-state index < -0.39 is 0 Å². The highest BCUT2D eigenvalue weighted by molar-refractivity contribution is 7.99. The van der Waals surface area contributed by atoms with E-state index >= 15 is 0 Å². The molecule has 0 saturated carbocycles. The minimum absolute atomic E-state index is 0.0819. The molecule has 1 atom stereocenters. The van der Waals surface area contributed by atoms with Crippen molar-refractivity contribution in [2.45, 2.75) is 30.3 Å². The Labute approximate surface area is 151 Å². The average Bonchev–Trinajstić information content (AvgIpc) is 3.04. The maximum atomic E-state index is 12.6. The lowest BCUT2D eigenvalue weighted by Gasteiger charge is -2.25. The molecule has 1 amide bonds. The SMILES string of the molecule is O=C(CSc1cccc[n+]1[O-])N1CCC[C@@H]1Cc1ccccc1Cl. The number of rotatable bonds is 5. The van der Waals surface area contributed by atoms with Crippen LogP contribution in [0.3, 0.4) is 0 Å². The van der Waals surface area contributed by atoms with Gasteiger partial charge in [-0.15, -0.1) is 0 Å². The van der Waals surface area contributed by atoms with Gasteiger partial charge in [0.05, 0.1) is 5.75 Å². The first kappa shape index (κ1) is 17.1. The zero-order valence-corrected chi connectivity index (χ0v) is 14.8. The van der Waals surface area contributed by atoms with Crippen molar-refractivity contribution in [1.82, 2.24) is 4.90 Å². The summed E-state index contributed by atoms with van der Waals surface area (Å²) in [4.78, 5) is 14.5. The van der Waals surface area contributed by atoms with Gasteiger partial charge in [0.1, 0.15) is 0 Å². The highest BCUT2D eigenvalue weighted by atomic mass is 35.5. The maximum Gasteiger partial charge on any atom is 0.251 e. The van der Waals surface area contributed by atoms with E-state index in [0.717, 1.165) is 41.1 Å². The molecule has 0 spiro atoms. The predicted molar refractivity (Wildman–Crippen MR) is 96.0 cm³/mol. The third-order valence-electron chi connectivity index (χ3n) is 4.24. The minimum atomic E-state index is 0.0819. The second-order valence-electron chi connectivity index (χ2n) is 5.83. The third-order valence-corrected chi connectivity index (χ3v) is 5.61. The molecular formula is C18H19ClN2O2S. The van der Waals surface area contributed by atoms with Gasteiger partial charge in [0.2, 0.25) is 5.91 Å². The van der Waals surface area contributed by atoms with Crippen LogP contribution in [0.25, 0.3) is 0 Å². The van der Waals surface area contributed by atoms with Crippen LogP contribution in [0.5, 0.6) is 0 Å². The molecule has 1 saturated heterocycles. The maximum absolute atomic E-state index is 12.6. The van der Waals surface area contributed by atoms with E-state index in [9.17, 15) is 10.0 Å². The van der Waals surface area contributed by atoms with Gasteiger partial charge in [0, 0.05) is 29.7 Å². The Morgan fingerprint density at radius 1 is 1.29 bits per heavy atom. The number of likely N-dealkylation sites (tertiary alicyclic amines) is 1. The molecule has 1 aromatic heterocycles. The highest BCUT2D eigenvalue weighted by Crippen LogP contribution is 2.26. The van der Waals surface area contributed by atoms with Crippen LogP contribution in [-0.4, -0.2) is 29.1 Å². The van der Waals surface area contributed by atoms with Crippen molar-refractivity contribution in [3.8, 4) is 0 Å². The Balaban J connectivity index is 1.61. The Morgan fingerprint density at radius 2 is 2.08 bits per heavy atom. The first-order valence-electron chi connectivity index (χ1n) is 7.99. The second-order valence-corrected chi connectivity index (χ2v) is 7.23. The summed E-state index contributed by atoms with van der Waals surface area (Å²) < 4.78 is 0.795. The number of halogens is 1. The van der Waals surface area contributed by atoms with E-state index in [1.165, 1.54) is 18.0 Å². The van der Waals surface area contributed by atoms with E-state index in [1.54, 1.807) is 18.2 Å². The van der Waals surface area contributed by atoms with Gasteiger partial charge in [-0.1, -0.05) is 29.8 Å². The van der Waals surface area contributed by atoms with E-state index in [4.69, 9.17) is 11.6 Å². The Hall–Kier alpha value is -1.72. The van der Waals surface area contributed by atoms with Crippen molar-refractivity contribution < 1.29 is 9.52 Å². The third kappa shape index (κ3) is 4.02. The molecule has 1 fully saturated rings. The van der Waals surface area contributed by atoms with Crippen LogP contribution in [-0.2, 0) is 11.2 Å². The Kier molecular flexibility index (Phi) is 5.63. The molecule has 4 nitrogen and oxygen atoms in total. The number of thioether (sulfide) groups is 1. The summed E-state index contributed by atoms with van der Waals surface area (Å²) in [6.45, 7) is 0.778. The molecule has 3 rings (SSSR count). The fourth-order valence-electron chi connectivity index (χ4n) is 3.04. The smallest absolute Gasteiger partial charge is 0.251 e. The molecular weight excluding hydrogens is 344 g/mol. The number of pyridine rings is 1. The fourth-order valence-corrected chi connectivity index (χ4v) is 4.05. The van der Waals surface area contributed by atoms with E-state index in [2.05, 4.69) is 0 Å². The summed E-state index contributed by atoms with van der Waals surface area (Å²) in [6, 6.07) is 13.2. The molecule has 0 N–H and O–H groups in total. The van der Waals surface area contributed by atoms with Crippen LogP contribution in [0.15, 0.2) is 53.7 Å². The van der Waals surface area contributed by atoms with Gasteiger partial charge >= 0.3 is 0 Å². The first-order chi connectivity index (χ1) is 11.6. The number of carbonyl (C=O) groups is 1. The van der Waals surface area contributed by atoms with Crippen LogP contribution in [0.2, 0.25) is 5.02 Å². The molecule has 0 aliphatic carbocycles. The molecule has 1 aliphatic rings. The van der Waals surface area contributed by atoms with Crippen molar-refractivity contribution >= 4 is 29.3 Å². The van der Waals surface area contributed by atoms with Gasteiger partial charge in [0.25, 0.3) is 5.03 Å². The number of nitrogens with zero attached hydrogens (tertiary/aromatic N) is 2. The summed E-state index contributed by atoms with van der Waals surface area (Å²) in [5.74, 6) is 0.365. The molecule has 0 bridgehead atoms. The van der Waals surface area contributed by atoms with E-state index in [0.29, 0.717) is 5.03 Å². The lowest BCUT2D eigenvalue weighted by molar-refractivity contribution is -0.645. The van der Waals surface area contributed by atoms with E-state index in [-0.39, 0.29) is 17.7 Å². The normalized spacial score (nSPS) is 17.2. The number of hydrogen-bond donors (Lipinski definition) is 0. The molecule has 0 radical (unpaired) electrons. The summed E-state index contributed by atoms with van der Waals surface area (Å²) in [5, 5.41) is 13.0. The zero-order chi connectivity index (χ0) is 16.9. The summed E-state index contributed by atoms with van der Waals surface area (Å²) in [7, 11) is 0. The Morgan fingerprint density at radius 3 is 2.88 bits per heavy atom. The second kappa shape index (κ2) is 7.90. The number of benzene rings is 1. The van der Waals surface area contributed by atoms with E-state index in [1.807, 2.05) is 29.2 Å². The molecule has 0 unspecified atom stereocenters. The number of carbonyl (C=O) groups excluding carboxylic acids is 1. The number of hydrogen-bond acceptors (Lipinski definition) is 3. The first-order valence-corrected chi connectivity index (χ1v) is 9.35. The lowest BCUT2D eigenvalue weighted by Crippen LogP contribution is -2.38. The van der Waals surface area contributed by atoms with Crippen molar-refractivity contribution in [3.63, 3.8) is 0 Å². The van der Waals surface area contributed by atoms with Crippen molar-refractivity contribution in [3.05, 3.63) is 64.5 Å². The molecule has 1 aromatic carbocycles. The molecule has 1 aliphatic heterocycles. The van der Waals surface area contributed by atoms with Crippen molar-refractivity contribution in [1.29, 1.82) is 0 Å². The average molecular weight is 363 g/mol. The van der Waals surface area contributed by atoms with Crippen LogP contribution in [0.4, 0.5) is 0 Å². The Bertz CT molecular complexity index is 726. The predicted octanol–water partition coefficient (Wildman–Crippen LogP) is 3.30. The van der Waals surface area contributed by atoms with Crippen LogP contribution in [0, 0.1) is 5.21 Å². The molecule has 126 valence electrons. The standard InChI is InChI=1S/C18H19ClN2O2S/c19-16-8-2-1-6-14(16)12-15-7-5-10-20(15)17(22)13-24-18-9-3-4-11-21(18)23/h1-4,6,8-9,11,15H,5,7,10,12-13H2/t15-/m1/s1. The molecule has 2 aromatic rings. The zero-order valence-electron chi connectivity index (χ0n) is 13.2. The number of amides is 1. The molecule has 2 heterocycles. The van der Waals surface area contributed by atoms with Gasteiger partial charge < -0.3 is 10.1 Å². The minimum Gasteiger partial charge on any atom is -0.618 e. The van der Waals surface area contributed by atoms with Crippen molar-refractivity contribution in [2.24, 2.45) is 0 Å². The largest absolute Gasteiger partial charge is 0.618 e. The van der Waals surface area contributed by atoms with Gasteiger partial charge in [-0.3, -0.25) is 4.79 Å². The van der Waals surface area contributed by atoms with Gasteiger partial charge in [-0.2, -0.15) is 4.73 Å². The van der Waals surface area contributed by atoms with Crippen molar-refractivity contribution in [2.75, 3.05) is 12.3 Å². The van der Waals surface area contributed by atoms with Crippen LogP contribution >= 0.6 is 23.4 Å². The summed E-state index contributed by atoms with van der Waals surface area (Å²) in [5.41, 5.74) is 1.08. The topological polar surface area (TPSA) is 47.2 Å². The van der Waals surface area contributed by atoms with Crippen LogP contribution < -0.4 is 4.73 Å². The summed E-state index contributed by atoms with van der Waals surface area (Å²) >= 11 is 7.53. The number of aromatic nitrogens is 1. The monoisotopic (exact) mass is 362 g/mol.